The number of hydrogen-bond acceptors (Lipinski definition) is 7. The van der Waals surface area contributed by atoms with Crippen molar-refractivity contribution in [3.63, 3.8) is 0 Å². The Kier molecular flexibility index (Phi) is 9.24. The minimum Gasteiger partial charge on any atom is -0.497 e. The monoisotopic (exact) mass is 518 g/mol. The summed E-state index contributed by atoms with van der Waals surface area (Å²) in [6, 6.07) is 14.1. The molecule has 192 valence electrons. The number of hydrogen-bond donors (Lipinski definition) is 3. The van der Waals surface area contributed by atoms with Gasteiger partial charge >= 0.3 is 18.1 Å². The summed E-state index contributed by atoms with van der Waals surface area (Å²) < 4.78 is 70.1. The summed E-state index contributed by atoms with van der Waals surface area (Å²) in [4.78, 5) is 21.3. The van der Waals surface area contributed by atoms with Crippen LogP contribution in [0, 0.1) is 0 Å². The summed E-state index contributed by atoms with van der Waals surface area (Å²) in [5.74, 6) is -2.57. The van der Waals surface area contributed by atoms with Gasteiger partial charge in [0.25, 0.3) is 0 Å². The Morgan fingerprint density at radius 3 is 1.83 bits per heavy atom. The first-order valence-electron chi connectivity index (χ1n) is 10.2. The molecular formula is C22H25F3N2O7S. The standard InChI is InChI=1S/C20H24N2O5S.C2HF3O2/c1-26-17-7-3-15(4-8-17)16-5-9-18(10-6-16)28(24,25)22-20(19(23)27-2)11-13-21-14-12-20;3-2(4,5)1(6)7/h3-10,21-22H,11-14H2,1-2H3;(H,6,7). The quantitative estimate of drug-likeness (QED) is 0.498. The lowest BCUT2D eigenvalue weighted by molar-refractivity contribution is -0.192. The highest BCUT2D eigenvalue weighted by Gasteiger charge is 2.44. The molecule has 2 aromatic carbocycles. The van der Waals surface area contributed by atoms with E-state index in [1.165, 1.54) is 19.2 Å². The molecule has 0 spiro atoms. The van der Waals surface area contributed by atoms with Crippen LogP contribution in [0.4, 0.5) is 13.2 Å². The zero-order chi connectivity index (χ0) is 26.3. The molecule has 1 fully saturated rings. The van der Waals surface area contributed by atoms with Crippen molar-refractivity contribution >= 4 is 22.0 Å². The van der Waals surface area contributed by atoms with Gasteiger partial charge in [-0.25, -0.2) is 13.2 Å². The van der Waals surface area contributed by atoms with Gasteiger partial charge in [-0.05, 0) is 61.3 Å². The highest BCUT2D eigenvalue weighted by Crippen LogP contribution is 2.26. The van der Waals surface area contributed by atoms with Crippen molar-refractivity contribution in [2.24, 2.45) is 0 Å². The molecule has 13 heteroatoms. The number of ether oxygens (including phenoxy) is 2. The molecule has 1 saturated heterocycles. The number of halogens is 3. The Balaban J connectivity index is 0.000000540. The van der Waals surface area contributed by atoms with Crippen LogP contribution in [-0.4, -0.2) is 64.5 Å². The number of carboxylic acid groups (broad SMARTS) is 1. The first-order chi connectivity index (χ1) is 16.3. The van der Waals surface area contributed by atoms with Crippen LogP contribution in [0.15, 0.2) is 53.4 Å². The van der Waals surface area contributed by atoms with Crippen molar-refractivity contribution in [1.29, 1.82) is 0 Å². The fourth-order valence-electron chi connectivity index (χ4n) is 3.32. The van der Waals surface area contributed by atoms with Crippen LogP contribution in [0.2, 0.25) is 0 Å². The summed E-state index contributed by atoms with van der Waals surface area (Å²) >= 11 is 0. The van der Waals surface area contributed by atoms with Crippen LogP contribution >= 0.6 is 0 Å². The third-order valence-corrected chi connectivity index (χ3v) is 6.75. The molecule has 3 rings (SSSR count). The van der Waals surface area contributed by atoms with Crippen LogP contribution in [0.25, 0.3) is 11.1 Å². The van der Waals surface area contributed by atoms with Gasteiger partial charge in [-0.15, -0.1) is 0 Å². The minimum atomic E-state index is -5.08. The van der Waals surface area contributed by atoms with Crippen molar-refractivity contribution in [3.8, 4) is 16.9 Å². The third-order valence-electron chi connectivity index (χ3n) is 5.19. The van der Waals surface area contributed by atoms with Gasteiger partial charge in [-0.2, -0.15) is 17.9 Å². The van der Waals surface area contributed by atoms with Gasteiger partial charge in [0, 0.05) is 0 Å². The maximum absolute atomic E-state index is 12.9. The molecule has 0 atom stereocenters. The summed E-state index contributed by atoms with van der Waals surface area (Å²) in [6.07, 6.45) is -4.41. The average Bonchev–Trinajstić information content (AvgIpc) is 2.83. The molecule has 3 N–H and O–H groups in total. The first-order valence-corrected chi connectivity index (χ1v) is 11.7. The average molecular weight is 519 g/mol. The van der Waals surface area contributed by atoms with Gasteiger partial charge < -0.3 is 19.9 Å². The first kappa shape index (κ1) is 28.1. The fourth-order valence-corrected chi connectivity index (χ4v) is 4.74. The molecule has 0 aromatic heterocycles. The predicted molar refractivity (Wildman–Crippen MR) is 119 cm³/mol. The Labute approximate surface area is 200 Å². The van der Waals surface area contributed by atoms with Crippen LogP contribution in [0.5, 0.6) is 5.75 Å². The topological polar surface area (TPSA) is 131 Å². The lowest BCUT2D eigenvalue weighted by Crippen LogP contribution is -2.59. The second kappa shape index (κ2) is 11.5. The maximum atomic E-state index is 12.9. The Morgan fingerprint density at radius 2 is 1.43 bits per heavy atom. The predicted octanol–water partition coefficient (Wildman–Crippen LogP) is 2.57. The van der Waals surface area contributed by atoms with E-state index in [-0.39, 0.29) is 4.90 Å². The lowest BCUT2D eigenvalue weighted by Gasteiger charge is -2.35. The van der Waals surface area contributed by atoms with Crippen molar-refractivity contribution in [2.45, 2.75) is 29.5 Å². The van der Waals surface area contributed by atoms with Gasteiger partial charge in [-0.1, -0.05) is 24.3 Å². The van der Waals surface area contributed by atoms with Crippen LogP contribution in [0.3, 0.4) is 0 Å². The molecule has 2 aromatic rings. The number of alkyl halides is 3. The Bertz CT molecular complexity index is 1110. The number of esters is 1. The van der Waals surface area contributed by atoms with Crippen molar-refractivity contribution in [3.05, 3.63) is 48.5 Å². The molecule has 9 nitrogen and oxygen atoms in total. The number of piperidine rings is 1. The van der Waals surface area contributed by atoms with Crippen LogP contribution in [0.1, 0.15) is 12.8 Å². The molecule has 0 radical (unpaired) electrons. The van der Waals surface area contributed by atoms with E-state index in [1.807, 2.05) is 24.3 Å². The van der Waals surface area contributed by atoms with E-state index in [1.54, 1.807) is 19.2 Å². The summed E-state index contributed by atoms with van der Waals surface area (Å²) in [5, 5.41) is 10.3. The van der Waals surface area contributed by atoms with Gasteiger partial charge in [0.1, 0.15) is 11.3 Å². The number of carbonyl (C=O) groups excluding carboxylic acids is 1. The van der Waals surface area contributed by atoms with Crippen LogP contribution < -0.4 is 14.8 Å². The van der Waals surface area contributed by atoms with Gasteiger partial charge in [0.05, 0.1) is 19.1 Å². The molecule has 0 aliphatic carbocycles. The molecule has 0 bridgehead atoms. The molecule has 0 unspecified atom stereocenters. The number of aliphatic carboxylic acids is 1. The smallest absolute Gasteiger partial charge is 0.490 e. The van der Waals surface area contributed by atoms with Crippen molar-refractivity contribution in [2.75, 3.05) is 27.3 Å². The summed E-state index contributed by atoms with van der Waals surface area (Å²) in [6.45, 7) is 1.07. The number of carboxylic acids is 1. The van der Waals surface area contributed by atoms with Crippen molar-refractivity contribution < 1.29 is 45.8 Å². The van der Waals surface area contributed by atoms with E-state index in [0.717, 1.165) is 16.9 Å². The highest BCUT2D eigenvalue weighted by atomic mass is 32.2. The fraction of sp³-hybridized carbons (Fsp3) is 0.364. The minimum absolute atomic E-state index is 0.103. The van der Waals surface area contributed by atoms with Gasteiger partial charge in [0.2, 0.25) is 10.0 Å². The lowest BCUT2D eigenvalue weighted by atomic mass is 9.90. The van der Waals surface area contributed by atoms with Crippen molar-refractivity contribution in [1.82, 2.24) is 10.0 Å². The summed E-state index contributed by atoms with van der Waals surface area (Å²) in [5.41, 5.74) is 0.585. The Morgan fingerprint density at radius 1 is 0.971 bits per heavy atom. The summed E-state index contributed by atoms with van der Waals surface area (Å²) in [7, 11) is -1.01. The second-order valence-electron chi connectivity index (χ2n) is 7.48. The number of rotatable bonds is 6. The number of benzene rings is 2. The normalized spacial score (nSPS) is 15.3. The molecule has 35 heavy (non-hydrogen) atoms. The van der Waals surface area contributed by atoms with E-state index in [0.29, 0.717) is 25.9 Å². The number of methoxy groups -OCH3 is 2. The largest absolute Gasteiger partial charge is 0.497 e. The highest BCUT2D eigenvalue weighted by molar-refractivity contribution is 7.89. The Hall–Kier alpha value is -3.16. The van der Waals surface area contributed by atoms with Crippen LogP contribution in [-0.2, 0) is 24.3 Å². The molecular weight excluding hydrogens is 493 g/mol. The van der Waals surface area contributed by atoms with Gasteiger partial charge in [-0.3, -0.25) is 4.79 Å². The van der Waals surface area contributed by atoms with E-state index in [2.05, 4.69) is 10.0 Å². The molecule has 0 saturated carbocycles. The second-order valence-corrected chi connectivity index (χ2v) is 9.17. The molecule has 0 amide bonds. The van der Waals surface area contributed by atoms with E-state index in [4.69, 9.17) is 19.4 Å². The van der Waals surface area contributed by atoms with E-state index >= 15 is 0 Å². The number of nitrogens with one attached hydrogen (secondary N) is 2. The molecule has 1 aliphatic heterocycles. The van der Waals surface area contributed by atoms with E-state index < -0.39 is 33.7 Å². The number of sulfonamides is 1. The van der Waals surface area contributed by atoms with E-state index in [9.17, 15) is 26.4 Å². The zero-order valence-corrected chi connectivity index (χ0v) is 19.7. The van der Waals surface area contributed by atoms with Gasteiger partial charge in [0.15, 0.2) is 0 Å². The third kappa shape index (κ3) is 7.41. The molecule has 1 aliphatic rings. The zero-order valence-electron chi connectivity index (χ0n) is 18.9. The maximum Gasteiger partial charge on any atom is 0.490 e. The SMILES string of the molecule is COC(=O)C1(NS(=O)(=O)c2ccc(-c3ccc(OC)cc3)cc2)CCNCC1.O=C(O)C(F)(F)F. The number of carbonyl (C=O) groups is 2. The molecule has 1 heterocycles.